The lowest BCUT2D eigenvalue weighted by Gasteiger charge is -2.04. The van der Waals surface area contributed by atoms with Crippen molar-refractivity contribution in [3.05, 3.63) is 12.2 Å². The number of allylic oxidation sites excluding steroid dienone is 2. The van der Waals surface area contributed by atoms with E-state index in [9.17, 15) is 0 Å². The Hall–Kier alpha value is 0.0300. The Morgan fingerprint density at radius 3 is 2.58 bits per heavy atom. The van der Waals surface area contributed by atoms with Crippen LogP contribution in [0.1, 0.15) is 52.4 Å². The summed E-state index contributed by atoms with van der Waals surface area (Å²) in [6, 6.07) is 0. The van der Waals surface area contributed by atoms with Gasteiger partial charge < -0.3 is 0 Å². The Labute approximate surface area is 82.0 Å². The van der Waals surface area contributed by atoms with Crippen molar-refractivity contribution in [2.24, 2.45) is 0 Å². The summed E-state index contributed by atoms with van der Waals surface area (Å²) in [4.78, 5) is 0. The minimum Gasteiger partial charge on any atom is -0.123 e. The summed E-state index contributed by atoms with van der Waals surface area (Å²) in [5.74, 6) is 0. The van der Waals surface area contributed by atoms with Crippen LogP contribution in [0.4, 0.5) is 0 Å². The molecular formula is C11H21Cl. The number of unbranched alkanes of at least 4 members (excludes halogenated alkanes) is 3. The fourth-order valence-corrected chi connectivity index (χ4v) is 1.33. The minimum absolute atomic E-state index is 0.409. The molecule has 0 aliphatic rings. The maximum absolute atomic E-state index is 5.99. The van der Waals surface area contributed by atoms with Gasteiger partial charge in [-0.15, -0.1) is 11.6 Å². The van der Waals surface area contributed by atoms with Crippen LogP contribution in [0.2, 0.25) is 0 Å². The van der Waals surface area contributed by atoms with Crippen LogP contribution in [-0.2, 0) is 0 Å². The van der Waals surface area contributed by atoms with Crippen molar-refractivity contribution in [1.82, 2.24) is 0 Å². The van der Waals surface area contributed by atoms with E-state index < -0.39 is 0 Å². The van der Waals surface area contributed by atoms with Crippen molar-refractivity contribution in [1.29, 1.82) is 0 Å². The van der Waals surface area contributed by atoms with Gasteiger partial charge in [0.25, 0.3) is 0 Å². The van der Waals surface area contributed by atoms with Crippen LogP contribution < -0.4 is 0 Å². The second-order valence-corrected chi connectivity index (χ2v) is 3.83. The smallest absolute Gasteiger partial charge is 0.0333 e. The second-order valence-electron chi connectivity index (χ2n) is 3.21. The van der Waals surface area contributed by atoms with E-state index in [2.05, 4.69) is 26.0 Å². The summed E-state index contributed by atoms with van der Waals surface area (Å²) in [7, 11) is 0. The third-order valence-corrected chi connectivity index (χ3v) is 2.59. The van der Waals surface area contributed by atoms with Crippen LogP contribution in [0.15, 0.2) is 12.2 Å². The third-order valence-electron chi connectivity index (χ3n) is 2.07. The summed E-state index contributed by atoms with van der Waals surface area (Å²) in [5.41, 5.74) is 0. The van der Waals surface area contributed by atoms with Gasteiger partial charge in [-0.3, -0.25) is 0 Å². The molecule has 0 aliphatic carbocycles. The SMILES string of the molecule is C/C=C/CCCCCC(Cl)CC. The quantitative estimate of drug-likeness (QED) is 0.313. The van der Waals surface area contributed by atoms with Gasteiger partial charge in [-0.05, 0) is 32.6 Å². The van der Waals surface area contributed by atoms with Gasteiger partial charge in [-0.2, -0.15) is 0 Å². The molecule has 0 aromatic rings. The topological polar surface area (TPSA) is 0 Å². The van der Waals surface area contributed by atoms with Crippen molar-refractivity contribution in [2.75, 3.05) is 0 Å². The average Bonchev–Trinajstić information content (AvgIpc) is 2.10. The van der Waals surface area contributed by atoms with E-state index in [1.165, 1.54) is 32.1 Å². The molecule has 0 fully saturated rings. The Morgan fingerprint density at radius 1 is 1.25 bits per heavy atom. The lowest BCUT2D eigenvalue weighted by molar-refractivity contribution is 0.616. The number of halogens is 1. The summed E-state index contributed by atoms with van der Waals surface area (Å²) in [6.45, 7) is 4.23. The Bertz CT molecular complexity index is 108. The van der Waals surface area contributed by atoms with Gasteiger partial charge in [0.15, 0.2) is 0 Å². The van der Waals surface area contributed by atoms with E-state index >= 15 is 0 Å². The van der Waals surface area contributed by atoms with E-state index in [-0.39, 0.29) is 0 Å². The first-order chi connectivity index (χ1) is 5.81. The summed E-state index contributed by atoms with van der Waals surface area (Å²) in [5, 5.41) is 0.409. The molecule has 0 aliphatic heterocycles. The predicted octanol–water partition coefficient (Wildman–Crippen LogP) is 4.53. The molecule has 0 saturated carbocycles. The molecule has 72 valence electrons. The summed E-state index contributed by atoms with van der Waals surface area (Å²) >= 11 is 5.99. The molecule has 0 rings (SSSR count). The second kappa shape index (κ2) is 9.12. The maximum Gasteiger partial charge on any atom is 0.0333 e. The maximum atomic E-state index is 5.99. The molecule has 0 heterocycles. The molecule has 0 amide bonds. The minimum atomic E-state index is 0.409. The Balaban J connectivity index is 3.00. The van der Waals surface area contributed by atoms with Crippen molar-refractivity contribution in [3.63, 3.8) is 0 Å². The zero-order chi connectivity index (χ0) is 9.23. The average molecular weight is 189 g/mol. The van der Waals surface area contributed by atoms with Crippen molar-refractivity contribution < 1.29 is 0 Å². The van der Waals surface area contributed by atoms with Gasteiger partial charge in [0, 0.05) is 5.38 Å². The molecule has 0 bridgehead atoms. The molecule has 12 heavy (non-hydrogen) atoms. The standard InChI is InChI=1S/C11H21Cl/c1-3-5-6-7-8-9-10-11(12)4-2/h3,5,11H,4,6-10H2,1-2H3/b5-3+. The van der Waals surface area contributed by atoms with E-state index in [0.717, 1.165) is 6.42 Å². The van der Waals surface area contributed by atoms with Crippen molar-refractivity contribution >= 4 is 11.6 Å². The summed E-state index contributed by atoms with van der Waals surface area (Å²) in [6.07, 6.45) is 11.8. The fourth-order valence-electron chi connectivity index (χ4n) is 1.18. The van der Waals surface area contributed by atoms with Gasteiger partial charge >= 0.3 is 0 Å². The van der Waals surface area contributed by atoms with E-state index in [0.29, 0.717) is 5.38 Å². The van der Waals surface area contributed by atoms with Gasteiger partial charge in [0.05, 0.1) is 0 Å². The lowest BCUT2D eigenvalue weighted by atomic mass is 10.1. The Kier molecular flexibility index (Phi) is 9.14. The van der Waals surface area contributed by atoms with Crippen LogP contribution in [-0.4, -0.2) is 5.38 Å². The highest BCUT2D eigenvalue weighted by Crippen LogP contribution is 2.12. The van der Waals surface area contributed by atoms with Crippen LogP contribution in [0.25, 0.3) is 0 Å². The largest absolute Gasteiger partial charge is 0.123 e. The monoisotopic (exact) mass is 188 g/mol. The highest BCUT2D eigenvalue weighted by Gasteiger charge is 1.99. The number of hydrogen-bond acceptors (Lipinski definition) is 0. The fraction of sp³-hybridized carbons (Fsp3) is 0.818. The zero-order valence-corrected chi connectivity index (χ0v) is 9.11. The zero-order valence-electron chi connectivity index (χ0n) is 8.35. The molecule has 1 atom stereocenters. The Morgan fingerprint density at radius 2 is 2.00 bits per heavy atom. The van der Waals surface area contributed by atoms with Gasteiger partial charge in [-0.25, -0.2) is 0 Å². The molecule has 0 N–H and O–H groups in total. The molecule has 0 radical (unpaired) electrons. The highest BCUT2D eigenvalue weighted by atomic mass is 35.5. The number of hydrogen-bond donors (Lipinski definition) is 0. The highest BCUT2D eigenvalue weighted by molar-refractivity contribution is 6.20. The van der Waals surface area contributed by atoms with Crippen LogP contribution in [0.5, 0.6) is 0 Å². The third kappa shape index (κ3) is 8.13. The van der Waals surface area contributed by atoms with Crippen molar-refractivity contribution in [3.8, 4) is 0 Å². The molecule has 0 nitrogen and oxygen atoms in total. The molecule has 0 aromatic carbocycles. The molecular weight excluding hydrogens is 168 g/mol. The number of rotatable bonds is 7. The van der Waals surface area contributed by atoms with Crippen LogP contribution in [0.3, 0.4) is 0 Å². The van der Waals surface area contributed by atoms with Crippen LogP contribution in [0, 0.1) is 0 Å². The first kappa shape index (κ1) is 12.0. The summed E-state index contributed by atoms with van der Waals surface area (Å²) < 4.78 is 0. The van der Waals surface area contributed by atoms with Gasteiger partial charge in [-0.1, -0.05) is 31.9 Å². The molecule has 1 heteroatoms. The first-order valence-electron chi connectivity index (χ1n) is 5.06. The molecule has 0 saturated heterocycles. The van der Waals surface area contributed by atoms with Gasteiger partial charge in [0.2, 0.25) is 0 Å². The normalized spacial score (nSPS) is 13.9. The number of alkyl halides is 1. The van der Waals surface area contributed by atoms with Crippen LogP contribution >= 0.6 is 11.6 Å². The lowest BCUT2D eigenvalue weighted by Crippen LogP contribution is -1.94. The van der Waals surface area contributed by atoms with Crippen molar-refractivity contribution in [2.45, 2.75) is 57.7 Å². The van der Waals surface area contributed by atoms with E-state index in [1.807, 2.05) is 0 Å². The van der Waals surface area contributed by atoms with E-state index in [4.69, 9.17) is 11.6 Å². The molecule has 0 spiro atoms. The molecule has 0 aromatic heterocycles. The molecule has 1 unspecified atom stereocenters. The van der Waals surface area contributed by atoms with Gasteiger partial charge in [0.1, 0.15) is 0 Å². The first-order valence-corrected chi connectivity index (χ1v) is 5.50. The predicted molar refractivity (Wildman–Crippen MR) is 57.8 cm³/mol. The van der Waals surface area contributed by atoms with E-state index in [1.54, 1.807) is 0 Å².